The van der Waals surface area contributed by atoms with Crippen LogP contribution in [0, 0.1) is 0 Å². The highest BCUT2D eigenvalue weighted by molar-refractivity contribution is 7.89. The molecule has 0 fully saturated rings. The standard InChI is InChI=1S/C15H24N2O4S/c1-4-5-10-16-15(18)11-21-13-6-8-14(9-7-13)22(19,20)17-12(2)3/h6-9,12,17H,4-5,10-11H2,1-3H3,(H,16,18). The van der Waals surface area contributed by atoms with Gasteiger partial charge in [0, 0.05) is 12.6 Å². The summed E-state index contributed by atoms with van der Waals surface area (Å²) in [4.78, 5) is 11.7. The van der Waals surface area contributed by atoms with E-state index in [-0.39, 0.29) is 23.5 Å². The normalized spacial score (nSPS) is 11.5. The highest BCUT2D eigenvalue weighted by Crippen LogP contribution is 2.16. The first-order chi connectivity index (χ1) is 10.3. The molecule has 0 aliphatic heterocycles. The van der Waals surface area contributed by atoms with Crippen molar-refractivity contribution in [3.05, 3.63) is 24.3 Å². The van der Waals surface area contributed by atoms with E-state index in [2.05, 4.69) is 10.0 Å². The Hall–Kier alpha value is -1.60. The third kappa shape index (κ3) is 6.44. The van der Waals surface area contributed by atoms with Crippen molar-refractivity contribution >= 4 is 15.9 Å². The lowest BCUT2D eigenvalue weighted by atomic mass is 10.3. The largest absolute Gasteiger partial charge is 0.484 e. The molecule has 0 bridgehead atoms. The predicted molar refractivity (Wildman–Crippen MR) is 85.3 cm³/mol. The van der Waals surface area contributed by atoms with E-state index in [1.807, 2.05) is 6.92 Å². The van der Waals surface area contributed by atoms with Gasteiger partial charge in [-0.25, -0.2) is 13.1 Å². The number of hydrogen-bond acceptors (Lipinski definition) is 4. The van der Waals surface area contributed by atoms with Crippen LogP contribution in [0.1, 0.15) is 33.6 Å². The van der Waals surface area contributed by atoms with E-state index in [9.17, 15) is 13.2 Å². The van der Waals surface area contributed by atoms with Crippen molar-refractivity contribution in [2.75, 3.05) is 13.2 Å². The van der Waals surface area contributed by atoms with Crippen LogP contribution in [-0.2, 0) is 14.8 Å². The Morgan fingerprint density at radius 2 is 1.86 bits per heavy atom. The Balaban J connectivity index is 2.53. The molecule has 1 rings (SSSR count). The average Bonchev–Trinajstić information content (AvgIpc) is 2.44. The Kier molecular flexibility index (Phi) is 7.34. The van der Waals surface area contributed by atoms with Crippen LogP contribution in [0.5, 0.6) is 5.75 Å². The molecule has 22 heavy (non-hydrogen) atoms. The molecule has 0 saturated heterocycles. The molecule has 1 aromatic carbocycles. The van der Waals surface area contributed by atoms with Crippen LogP contribution in [0.3, 0.4) is 0 Å². The molecule has 124 valence electrons. The predicted octanol–water partition coefficient (Wildman–Crippen LogP) is 1.67. The fourth-order valence-electron chi connectivity index (χ4n) is 1.70. The summed E-state index contributed by atoms with van der Waals surface area (Å²) in [7, 11) is -3.51. The number of benzene rings is 1. The fraction of sp³-hybridized carbons (Fsp3) is 0.533. The van der Waals surface area contributed by atoms with Gasteiger partial charge in [0.2, 0.25) is 10.0 Å². The molecule has 0 radical (unpaired) electrons. The fourth-order valence-corrected chi connectivity index (χ4v) is 2.95. The van der Waals surface area contributed by atoms with E-state index in [4.69, 9.17) is 4.74 Å². The first kappa shape index (κ1) is 18.4. The van der Waals surface area contributed by atoms with Gasteiger partial charge in [-0.15, -0.1) is 0 Å². The smallest absolute Gasteiger partial charge is 0.257 e. The van der Waals surface area contributed by atoms with E-state index in [0.29, 0.717) is 12.3 Å². The summed E-state index contributed by atoms with van der Waals surface area (Å²) in [6, 6.07) is 5.81. The lowest BCUT2D eigenvalue weighted by Gasteiger charge is -2.10. The highest BCUT2D eigenvalue weighted by atomic mass is 32.2. The van der Waals surface area contributed by atoms with Crippen molar-refractivity contribution in [1.82, 2.24) is 10.0 Å². The zero-order valence-corrected chi connectivity index (χ0v) is 14.1. The first-order valence-electron chi connectivity index (χ1n) is 7.37. The number of carbonyl (C=O) groups is 1. The van der Waals surface area contributed by atoms with Gasteiger partial charge in [0.25, 0.3) is 5.91 Å². The number of amides is 1. The number of rotatable bonds is 9. The maximum absolute atomic E-state index is 12.0. The Morgan fingerprint density at radius 1 is 1.23 bits per heavy atom. The van der Waals surface area contributed by atoms with Gasteiger partial charge in [0.1, 0.15) is 5.75 Å². The molecule has 1 aromatic rings. The summed E-state index contributed by atoms with van der Waals surface area (Å²) < 4.78 is 31.7. The molecule has 2 N–H and O–H groups in total. The molecule has 0 unspecified atom stereocenters. The van der Waals surface area contributed by atoms with Crippen molar-refractivity contribution in [2.45, 2.75) is 44.6 Å². The second-order valence-corrected chi connectivity index (χ2v) is 6.95. The summed E-state index contributed by atoms with van der Waals surface area (Å²) in [6.07, 6.45) is 1.95. The van der Waals surface area contributed by atoms with Crippen LogP contribution in [-0.4, -0.2) is 33.5 Å². The van der Waals surface area contributed by atoms with Crippen molar-refractivity contribution in [1.29, 1.82) is 0 Å². The highest BCUT2D eigenvalue weighted by Gasteiger charge is 2.15. The van der Waals surface area contributed by atoms with E-state index in [1.54, 1.807) is 13.8 Å². The first-order valence-corrected chi connectivity index (χ1v) is 8.85. The molecule has 0 spiro atoms. The molecule has 7 heteroatoms. The van der Waals surface area contributed by atoms with Gasteiger partial charge < -0.3 is 10.1 Å². The van der Waals surface area contributed by atoms with Gasteiger partial charge >= 0.3 is 0 Å². The van der Waals surface area contributed by atoms with Crippen LogP contribution in [0.15, 0.2) is 29.2 Å². The molecule has 6 nitrogen and oxygen atoms in total. The van der Waals surface area contributed by atoms with Gasteiger partial charge in [-0.1, -0.05) is 13.3 Å². The van der Waals surface area contributed by atoms with Gasteiger partial charge in [-0.2, -0.15) is 0 Å². The minimum atomic E-state index is -3.51. The van der Waals surface area contributed by atoms with Crippen molar-refractivity contribution in [2.24, 2.45) is 0 Å². The zero-order valence-electron chi connectivity index (χ0n) is 13.3. The summed E-state index contributed by atoms with van der Waals surface area (Å²) in [5.74, 6) is 0.265. The molecule has 0 aliphatic rings. The number of carbonyl (C=O) groups excluding carboxylic acids is 1. The number of nitrogens with one attached hydrogen (secondary N) is 2. The topological polar surface area (TPSA) is 84.5 Å². The second kappa shape index (κ2) is 8.75. The SMILES string of the molecule is CCCCNC(=O)COc1ccc(S(=O)(=O)NC(C)C)cc1. The summed E-state index contributed by atoms with van der Waals surface area (Å²) >= 11 is 0. The quantitative estimate of drug-likeness (QED) is 0.675. The lowest BCUT2D eigenvalue weighted by molar-refractivity contribution is -0.123. The van der Waals surface area contributed by atoms with Crippen LogP contribution in [0.4, 0.5) is 0 Å². The molecule has 0 atom stereocenters. The molecule has 1 amide bonds. The third-order valence-electron chi connectivity index (χ3n) is 2.75. The van der Waals surface area contributed by atoms with E-state index >= 15 is 0 Å². The maximum atomic E-state index is 12.0. The summed E-state index contributed by atoms with van der Waals surface area (Å²) in [5.41, 5.74) is 0. The molecule has 0 heterocycles. The van der Waals surface area contributed by atoms with Gasteiger partial charge in [-0.3, -0.25) is 4.79 Å². The summed E-state index contributed by atoms with van der Waals surface area (Å²) in [5, 5.41) is 2.74. The minimum Gasteiger partial charge on any atom is -0.484 e. The Labute approximate surface area is 132 Å². The number of unbranched alkanes of at least 4 members (excludes halogenated alkanes) is 1. The van der Waals surface area contributed by atoms with Crippen LogP contribution < -0.4 is 14.8 Å². The number of sulfonamides is 1. The third-order valence-corrected chi connectivity index (χ3v) is 4.42. The van der Waals surface area contributed by atoms with E-state index in [1.165, 1.54) is 24.3 Å². The average molecular weight is 328 g/mol. The molecule has 0 saturated carbocycles. The number of hydrogen-bond donors (Lipinski definition) is 2. The summed E-state index contributed by atoms with van der Waals surface area (Å²) in [6.45, 7) is 6.11. The van der Waals surface area contributed by atoms with Crippen LogP contribution in [0.2, 0.25) is 0 Å². The Morgan fingerprint density at radius 3 is 2.41 bits per heavy atom. The van der Waals surface area contributed by atoms with Gasteiger partial charge in [-0.05, 0) is 44.5 Å². The van der Waals surface area contributed by atoms with Gasteiger partial charge in [0.15, 0.2) is 6.61 Å². The minimum absolute atomic E-state index is 0.0833. The maximum Gasteiger partial charge on any atom is 0.257 e. The van der Waals surface area contributed by atoms with Crippen molar-refractivity contribution in [3.8, 4) is 5.75 Å². The van der Waals surface area contributed by atoms with E-state index < -0.39 is 10.0 Å². The molecular weight excluding hydrogens is 304 g/mol. The lowest BCUT2D eigenvalue weighted by Crippen LogP contribution is -2.30. The van der Waals surface area contributed by atoms with Crippen LogP contribution in [0.25, 0.3) is 0 Å². The second-order valence-electron chi connectivity index (χ2n) is 5.24. The molecule has 0 aliphatic carbocycles. The number of ether oxygens (including phenoxy) is 1. The van der Waals surface area contributed by atoms with Gasteiger partial charge in [0.05, 0.1) is 4.90 Å². The molecule has 0 aromatic heterocycles. The van der Waals surface area contributed by atoms with Crippen LogP contribution >= 0.6 is 0 Å². The Bertz CT molecular complexity index is 568. The molecular formula is C15H24N2O4S. The monoisotopic (exact) mass is 328 g/mol. The zero-order chi connectivity index (χ0) is 16.6. The van der Waals surface area contributed by atoms with Crippen molar-refractivity contribution in [3.63, 3.8) is 0 Å². The van der Waals surface area contributed by atoms with E-state index in [0.717, 1.165) is 12.8 Å². The van der Waals surface area contributed by atoms with Crippen molar-refractivity contribution < 1.29 is 17.9 Å².